The third-order valence-corrected chi connectivity index (χ3v) is 3.08. The fourth-order valence-electron chi connectivity index (χ4n) is 0.831. The molecule has 0 spiro atoms. The first-order valence-corrected chi connectivity index (χ1v) is 7.65. The lowest BCUT2D eigenvalue weighted by Gasteiger charge is -2.15. The zero-order valence-electron chi connectivity index (χ0n) is 9.45. The summed E-state index contributed by atoms with van der Waals surface area (Å²) in [5, 5.41) is 0. The van der Waals surface area contributed by atoms with E-state index in [0.29, 0.717) is 19.8 Å². The highest BCUT2D eigenvalue weighted by Crippen LogP contribution is 2.11. The van der Waals surface area contributed by atoms with Crippen LogP contribution >= 0.6 is 12.0 Å². The van der Waals surface area contributed by atoms with Crippen LogP contribution in [0.1, 0.15) is 20.3 Å². The zero-order chi connectivity index (χ0) is 10.6. The average Bonchev–Trinajstić information content (AvgIpc) is 2.20. The summed E-state index contributed by atoms with van der Waals surface area (Å²) in [6.45, 7) is 5.83. The maximum Gasteiger partial charge on any atom is 0.193 e. The van der Waals surface area contributed by atoms with Gasteiger partial charge in [-0.3, -0.25) is 4.18 Å². The maximum absolute atomic E-state index is 5.47. The standard InChI is InChI=1S/C9H22O3SSi/c1-3-10-8-9(11-4-2)12-13-6-5-7-14/h9H,3-8H2,1-2,14H3. The maximum atomic E-state index is 5.47. The molecule has 86 valence electrons. The van der Waals surface area contributed by atoms with Gasteiger partial charge in [-0.15, -0.1) is 0 Å². The Labute approximate surface area is 94.5 Å². The van der Waals surface area contributed by atoms with Crippen molar-refractivity contribution in [2.45, 2.75) is 32.6 Å². The van der Waals surface area contributed by atoms with Gasteiger partial charge in [-0.05, 0) is 32.3 Å². The highest BCUT2D eigenvalue weighted by molar-refractivity contribution is 7.94. The largest absolute Gasteiger partial charge is 0.376 e. The molecule has 0 amide bonds. The minimum Gasteiger partial charge on any atom is -0.376 e. The quantitative estimate of drug-likeness (QED) is 0.248. The Morgan fingerprint density at radius 2 is 2.07 bits per heavy atom. The molecule has 1 atom stereocenters. The van der Waals surface area contributed by atoms with E-state index in [1.54, 1.807) is 0 Å². The van der Waals surface area contributed by atoms with E-state index in [0.717, 1.165) is 5.75 Å². The van der Waals surface area contributed by atoms with Crippen molar-refractivity contribution in [3.05, 3.63) is 0 Å². The van der Waals surface area contributed by atoms with E-state index < -0.39 is 0 Å². The average molecular weight is 238 g/mol. The van der Waals surface area contributed by atoms with Crippen molar-refractivity contribution in [2.24, 2.45) is 0 Å². The van der Waals surface area contributed by atoms with E-state index in [9.17, 15) is 0 Å². The zero-order valence-corrected chi connectivity index (χ0v) is 12.3. The normalized spacial score (nSPS) is 13.3. The van der Waals surface area contributed by atoms with E-state index in [-0.39, 0.29) is 6.29 Å². The van der Waals surface area contributed by atoms with Gasteiger partial charge in [0.05, 0.1) is 6.61 Å². The first-order valence-electron chi connectivity index (χ1n) is 5.32. The lowest BCUT2D eigenvalue weighted by molar-refractivity contribution is -0.107. The van der Waals surface area contributed by atoms with Crippen LogP contribution in [0.25, 0.3) is 0 Å². The second kappa shape index (κ2) is 11.5. The second-order valence-corrected chi connectivity index (χ2v) is 4.65. The van der Waals surface area contributed by atoms with Gasteiger partial charge in [-0.1, -0.05) is 6.04 Å². The molecule has 0 aliphatic carbocycles. The molecule has 0 radical (unpaired) electrons. The molecule has 1 unspecified atom stereocenters. The molecule has 3 nitrogen and oxygen atoms in total. The molecule has 0 heterocycles. The van der Waals surface area contributed by atoms with Crippen LogP contribution < -0.4 is 0 Å². The van der Waals surface area contributed by atoms with Gasteiger partial charge in [0, 0.05) is 29.2 Å². The molecule has 0 bridgehead atoms. The fraction of sp³-hybridized carbons (Fsp3) is 1.00. The molecule has 0 saturated carbocycles. The Balaban J connectivity index is 3.40. The van der Waals surface area contributed by atoms with E-state index in [2.05, 4.69) is 0 Å². The highest BCUT2D eigenvalue weighted by atomic mass is 32.2. The van der Waals surface area contributed by atoms with Crippen LogP contribution in [0.2, 0.25) is 6.04 Å². The molecule has 5 heteroatoms. The fourth-order valence-corrected chi connectivity index (χ4v) is 2.46. The topological polar surface area (TPSA) is 27.7 Å². The van der Waals surface area contributed by atoms with Crippen LogP contribution in [0.3, 0.4) is 0 Å². The van der Waals surface area contributed by atoms with Gasteiger partial charge in [0.1, 0.15) is 0 Å². The van der Waals surface area contributed by atoms with Crippen LogP contribution in [0.4, 0.5) is 0 Å². The van der Waals surface area contributed by atoms with Crippen LogP contribution in [-0.2, 0) is 13.7 Å². The predicted octanol–water partition coefficient (Wildman–Crippen LogP) is 1.22. The van der Waals surface area contributed by atoms with E-state index in [1.807, 2.05) is 13.8 Å². The highest BCUT2D eigenvalue weighted by Gasteiger charge is 2.08. The summed E-state index contributed by atoms with van der Waals surface area (Å²) in [6, 6.07) is 1.33. The summed E-state index contributed by atoms with van der Waals surface area (Å²) >= 11 is 1.49. The molecule has 0 aliphatic rings. The van der Waals surface area contributed by atoms with Gasteiger partial charge < -0.3 is 9.47 Å². The molecule has 0 N–H and O–H groups in total. The summed E-state index contributed by atoms with van der Waals surface area (Å²) < 4.78 is 16.1. The molecule has 14 heavy (non-hydrogen) atoms. The Kier molecular flexibility index (Phi) is 11.9. The Morgan fingerprint density at radius 1 is 1.29 bits per heavy atom. The lowest BCUT2D eigenvalue weighted by atomic mass is 10.6. The molecule has 0 fully saturated rings. The van der Waals surface area contributed by atoms with Crippen molar-refractivity contribution in [3.8, 4) is 0 Å². The molecular formula is C9H22O3SSi. The van der Waals surface area contributed by atoms with Crippen molar-refractivity contribution >= 4 is 22.3 Å². The first kappa shape index (κ1) is 14.4. The van der Waals surface area contributed by atoms with Crippen molar-refractivity contribution in [3.63, 3.8) is 0 Å². The van der Waals surface area contributed by atoms with Crippen molar-refractivity contribution in [2.75, 3.05) is 25.6 Å². The van der Waals surface area contributed by atoms with E-state index >= 15 is 0 Å². The Morgan fingerprint density at radius 3 is 2.64 bits per heavy atom. The molecule has 0 aromatic rings. The smallest absolute Gasteiger partial charge is 0.193 e. The predicted molar refractivity (Wildman–Crippen MR) is 64.8 cm³/mol. The Hall–Kier alpha value is 0.447. The van der Waals surface area contributed by atoms with Crippen LogP contribution in [0.15, 0.2) is 0 Å². The Bertz CT molecular complexity index is 116. The van der Waals surface area contributed by atoms with E-state index in [4.69, 9.17) is 13.7 Å². The molecule has 0 aromatic heterocycles. The third kappa shape index (κ3) is 9.02. The minimum atomic E-state index is -0.209. The molecule has 0 saturated heterocycles. The van der Waals surface area contributed by atoms with Crippen LogP contribution in [-0.4, -0.2) is 42.1 Å². The summed E-state index contributed by atoms with van der Waals surface area (Å²) in [7, 11) is 1.28. The lowest BCUT2D eigenvalue weighted by Crippen LogP contribution is -2.21. The first-order chi connectivity index (χ1) is 6.85. The third-order valence-electron chi connectivity index (χ3n) is 1.57. The number of ether oxygens (including phenoxy) is 2. The van der Waals surface area contributed by atoms with Gasteiger partial charge >= 0.3 is 0 Å². The number of rotatable bonds is 10. The summed E-state index contributed by atoms with van der Waals surface area (Å²) in [4.78, 5) is 0. The van der Waals surface area contributed by atoms with Crippen LogP contribution in [0.5, 0.6) is 0 Å². The second-order valence-electron chi connectivity index (χ2n) is 2.82. The van der Waals surface area contributed by atoms with Gasteiger partial charge in [0.25, 0.3) is 0 Å². The monoisotopic (exact) mass is 238 g/mol. The van der Waals surface area contributed by atoms with Crippen molar-refractivity contribution < 1.29 is 13.7 Å². The van der Waals surface area contributed by atoms with Crippen molar-refractivity contribution in [1.29, 1.82) is 0 Å². The van der Waals surface area contributed by atoms with Crippen LogP contribution in [0, 0.1) is 0 Å². The van der Waals surface area contributed by atoms with Gasteiger partial charge in [-0.2, -0.15) is 0 Å². The molecular weight excluding hydrogens is 216 g/mol. The summed E-state index contributed by atoms with van der Waals surface area (Å²) in [5.41, 5.74) is 0. The van der Waals surface area contributed by atoms with Gasteiger partial charge in [0.2, 0.25) is 0 Å². The van der Waals surface area contributed by atoms with Crippen molar-refractivity contribution in [1.82, 2.24) is 0 Å². The summed E-state index contributed by atoms with van der Waals surface area (Å²) in [5.74, 6) is 1.05. The summed E-state index contributed by atoms with van der Waals surface area (Å²) in [6.07, 6.45) is 1.03. The van der Waals surface area contributed by atoms with Gasteiger partial charge in [-0.25, -0.2) is 0 Å². The minimum absolute atomic E-state index is 0.209. The SMILES string of the molecule is CCOCC(OCC)OSCCC[SiH3]. The number of hydrogen-bond acceptors (Lipinski definition) is 4. The number of hydrogen-bond donors (Lipinski definition) is 0. The van der Waals surface area contributed by atoms with E-state index in [1.165, 1.54) is 34.8 Å². The van der Waals surface area contributed by atoms with Gasteiger partial charge in [0.15, 0.2) is 6.29 Å². The molecule has 0 aromatic carbocycles. The molecule has 0 aliphatic heterocycles. The molecule has 0 rings (SSSR count).